The number of fused-ring (bicyclic) bond motifs is 4. The molecule has 1 saturated carbocycles. The van der Waals surface area contributed by atoms with E-state index in [4.69, 9.17) is 21.1 Å². The number of halogens is 1. The van der Waals surface area contributed by atoms with Gasteiger partial charge >= 0.3 is 0 Å². The molecule has 4 aliphatic rings. The van der Waals surface area contributed by atoms with Crippen molar-refractivity contribution in [2.24, 2.45) is 11.8 Å². The number of hydrogen-bond acceptors (Lipinski definition) is 4. The molecule has 0 aromatic heterocycles. The topological polar surface area (TPSA) is 55.8 Å². The fourth-order valence-electron chi connectivity index (χ4n) is 5.29. The first-order chi connectivity index (χ1) is 12.6. The van der Waals surface area contributed by atoms with Crippen molar-refractivity contribution in [3.05, 3.63) is 35.1 Å². The van der Waals surface area contributed by atoms with Crippen molar-refractivity contribution in [3.8, 4) is 0 Å². The summed E-state index contributed by atoms with van der Waals surface area (Å²) in [6, 6.07) is 0. The van der Waals surface area contributed by atoms with E-state index in [0.717, 1.165) is 24.8 Å². The minimum atomic E-state index is -1.35. The van der Waals surface area contributed by atoms with E-state index in [1.54, 1.807) is 0 Å². The van der Waals surface area contributed by atoms with Crippen LogP contribution < -0.4 is 0 Å². The lowest BCUT2D eigenvalue weighted by Crippen LogP contribution is -2.49. The number of allylic oxidation sites excluding steroid dienone is 3. The average Bonchev–Trinajstić information content (AvgIpc) is 3.15. The second kappa shape index (κ2) is 6.47. The fourth-order valence-corrected chi connectivity index (χ4v) is 5.38. The van der Waals surface area contributed by atoms with Gasteiger partial charge in [0.25, 0.3) is 0 Å². The molecule has 5 heteroatoms. The number of alkyl halides is 1. The van der Waals surface area contributed by atoms with E-state index in [9.17, 15) is 9.90 Å². The Morgan fingerprint density at radius 1 is 1.48 bits per heavy atom. The largest absolute Gasteiger partial charge is 0.488 e. The smallest absolute Gasteiger partial charge is 0.196 e. The van der Waals surface area contributed by atoms with Crippen LogP contribution in [0.3, 0.4) is 0 Å². The van der Waals surface area contributed by atoms with Crippen LogP contribution in [-0.2, 0) is 14.3 Å². The first-order valence-corrected chi connectivity index (χ1v) is 10.4. The Morgan fingerprint density at radius 2 is 2.22 bits per heavy atom. The second-order valence-electron chi connectivity index (χ2n) is 9.08. The molecule has 4 rings (SSSR count). The number of hydrogen-bond donors (Lipinski definition) is 1. The SMILES string of the molecule is C=C(C)C(Cl)C/C=C(/C)[C@@H]1CC[C@@]2(C)OC3=C(C[C@@H]12)C(=O)[C@]1(O)CO[C@H]3C1. The van der Waals surface area contributed by atoms with Crippen LogP contribution in [0.15, 0.2) is 35.1 Å². The molecular formula is C22H29ClO4. The number of carbonyl (C=O) groups excluding carboxylic acids is 1. The summed E-state index contributed by atoms with van der Waals surface area (Å²) in [5.41, 5.74) is 1.31. The Kier molecular flexibility index (Phi) is 4.60. The standard InChI is InChI=1S/C22H29ClO4/c1-12(2)17(23)6-5-13(3)14-7-8-21(4)16(14)9-15-19(27-21)18-10-22(25,11-26-18)20(15)24/h5,14,16-18,25H,1,6-11H2,2-4H3/b13-5-/t14-,16-,17?,18-,21+,22+/m0/s1. The molecule has 2 bridgehead atoms. The molecule has 0 aromatic carbocycles. The summed E-state index contributed by atoms with van der Waals surface area (Å²) in [4.78, 5) is 12.9. The van der Waals surface area contributed by atoms with Crippen LogP contribution in [0, 0.1) is 11.8 Å². The highest BCUT2D eigenvalue weighted by molar-refractivity contribution is 6.22. The van der Waals surface area contributed by atoms with Gasteiger partial charge in [0.15, 0.2) is 11.4 Å². The van der Waals surface area contributed by atoms with Crippen LogP contribution in [0.1, 0.15) is 52.9 Å². The van der Waals surface area contributed by atoms with Crippen molar-refractivity contribution in [1.82, 2.24) is 0 Å². The van der Waals surface area contributed by atoms with Gasteiger partial charge in [-0.05, 0) is 52.4 Å². The molecule has 1 unspecified atom stereocenters. The van der Waals surface area contributed by atoms with Gasteiger partial charge in [-0.1, -0.05) is 23.8 Å². The zero-order valence-electron chi connectivity index (χ0n) is 16.4. The first-order valence-electron chi connectivity index (χ1n) is 9.91. The molecule has 1 saturated heterocycles. The van der Waals surface area contributed by atoms with Crippen LogP contribution in [0.5, 0.6) is 0 Å². The highest BCUT2D eigenvalue weighted by Crippen LogP contribution is 2.56. The van der Waals surface area contributed by atoms with Gasteiger partial charge in [-0.25, -0.2) is 0 Å². The van der Waals surface area contributed by atoms with E-state index in [1.165, 1.54) is 5.57 Å². The van der Waals surface area contributed by atoms with E-state index in [1.807, 2.05) is 6.92 Å². The van der Waals surface area contributed by atoms with Gasteiger partial charge in [0.2, 0.25) is 0 Å². The maximum absolute atomic E-state index is 12.9. The van der Waals surface area contributed by atoms with Crippen molar-refractivity contribution in [1.29, 1.82) is 0 Å². The van der Waals surface area contributed by atoms with E-state index in [2.05, 4.69) is 26.5 Å². The van der Waals surface area contributed by atoms with E-state index < -0.39 is 5.60 Å². The van der Waals surface area contributed by atoms with Crippen molar-refractivity contribution >= 4 is 17.4 Å². The Hall–Kier alpha value is -1.10. The summed E-state index contributed by atoms with van der Waals surface area (Å²) in [6.07, 6.45) is 5.69. The summed E-state index contributed by atoms with van der Waals surface area (Å²) in [6.45, 7) is 10.3. The van der Waals surface area contributed by atoms with Crippen LogP contribution in [0.25, 0.3) is 0 Å². The van der Waals surface area contributed by atoms with E-state index >= 15 is 0 Å². The Balaban J connectivity index is 1.59. The molecule has 27 heavy (non-hydrogen) atoms. The molecule has 0 aromatic rings. The molecule has 0 radical (unpaired) electrons. The molecule has 2 aliphatic heterocycles. The predicted octanol–water partition coefficient (Wildman–Crippen LogP) is 4.07. The third-order valence-corrected chi connectivity index (χ3v) is 7.64. The molecule has 0 spiro atoms. The van der Waals surface area contributed by atoms with E-state index in [-0.39, 0.29) is 35.4 Å². The quantitative estimate of drug-likeness (QED) is 0.578. The normalized spacial score (nSPS) is 41.9. The predicted molar refractivity (Wildman–Crippen MR) is 104 cm³/mol. The maximum Gasteiger partial charge on any atom is 0.196 e. The number of aliphatic hydroxyl groups is 1. The lowest BCUT2D eigenvalue weighted by atomic mass is 9.72. The average molecular weight is 393 g/mol. The molecule has 4 nitrogen and oxygen atoms in total. The molecular weight excluding hydrogens is 364 g/mol. The fraction of sp³-hybridized carbons (Fsp3) is 0.682. The van der Waals surface area contributed by atoms with Crippen LogP contribution in [0.2, 0.25) is 0 Å². The monoisotopic (exact) mass is 392 g/mol. The van der Waals surface area contributed by atoms with Crippen LogP contribution >= 0.6 is 11.6 Å². The van der Waals surface area contributed by atoms with Crippen molar-refractivity contribution in [2.75, 3.05) is 6.61 Å². The highest BCUT2D eigenvalue weighted by atomic mass is 35.5. The third-order valence-electron chi connectivity index (χ3n) is 7.09. The van der Waals surface area contributed by atoms with Gasteiger partial charge < -0.3 is 14.6 Å². The zero-order chi connectivity index (χ0) is 19.6. The summed E-state index contributed by atoms with van der Waals surface area (Å²) in [7, 11) is 0. The van der Waals surface area contributed by atoms with Gasteiger partial charge in [0.1, 0.15) is 17.5 Å². The van der Waals surface area contributed by atoms with Crippen molar-refractivity contribution < 1.29 is 19.4 Å². The maximum atomic E-state index is 12.9. The van der Waals surface area contributed by atoms with Gasteiger partial charge in [0, 0.05) is 17.9 Å². The third kappa shape index (κ3) is 3.01. The molecule has 6 atom stereocenters. The molecule has 2 heterocycles. The number of ether oxygens (including phenoxy) is 2. The Morgan fingerprint density at radius 3 is 2.93 bits per heavy atom. The minimum Gasteiger partial charge on any atom is -0.488 e. The molecule has 148 valence electrons. The second-order valence-corrected chi connectivity index (χ2v) is 9.60. The highest BCUT2D eigenvalue weighted by Gasteiger charge is 2.59. The van der Waals surface area contributed by atoms with Gasteiger partial charge in [-0.15, -0.1) is 11.6 Å². The minimum absolute atomic E-state index is 0.0494. The number of Topliss-reactive ketones (excluding diaryl/α,β-unsaturated/α-hetero) is 1. The molecule has 2 fully saturated rings. The molecule has 2 aliphatic carbocycles. The summed E-state index contributed by atoms with van der Waals surface area (Å²) in [5.74, 6) is 1.09. The zero-order valence-corrected chi connectivity index (χ0v) is 17.1. The summed E-state index contributed by atoms with van der Waals surface area (Å²) < 4.78 is 12.1. The van der Waals surface area contributed by atoms with E-state index in [0.29, 0.717) is 30.1 Å². The lowest BCUT2D eigenvalue weighted by molar-refractivity contribution is -0.136. The molecule has 1 N–H and O–H groups in total. The van der Waals surface area contributed by atoms with Gasteiger partial charge in [-0.3, -0.25) is 4.79 Å². The number of ketones is 1. The van der Waals surface area contributed by atoms with Crippen molar-refractivity contribution in [3.63, 3.8) is 0 Å². The lowest BCUT2D eigenvalue weighted by Gasteiger charge is -2.44. The van der Waals surface area contributed by atoms with Gasteiger partial charge in [-0.2, -0.15) is 0 Å². The number of carbonyl (C=O) groups is 1. The Labute approximate surface area is 166 Å². The first kappa shape index (κ1) is 19.2. The summed E-state index contributed by atoms with van der Waals surface area (Å²) in [5, 5.41) is 10.6. The van der Waals surface area contributed by atoms with Crippen molar-refractivity contribution in [2.45, 2.75) is 75.6 Å². The Bertz CT molecular complexity index is 753. The molecule has 0 amide bonds. The number of rotatable bonds is 4. The van der Waals surface area contributed by atoms with Gasteiger partial charge in [0.05, 0.1) is 12.0 Å². The van der Waals surface area contributed by atoms with Crippen LogP contribution in [0.4, 0.5) is 0 Å². The van der Waals surface area contributed by atoms with Crippen LogP contribution in [-0.4, -0.2) is 40.2 Å². The summed E-state index contributed by atoms with van der Waals surface area (Å²) >= 11 is 6.33.